The van der Waals surface area contributed by atoms with Crippen molar-refractivity contribution in [3.63, 3.8) is 0 Å². The Morgan fingerprint density at radius 2 is 2.00 bits per heavy atom. The van der Waals surface area contributed by atoms with Gasteiger partial charge in [0.1, 0.15) is 0 Å². The van der Waals surface area contributed by atoms with E-state index < -0.39 is 18.7 Å². The minimum atomic E-state index is -4.14. The first-order valence-corrected chi connectivity index (χ1v) is 5.74. The lowest BCUT2D eigenvalue weighted by atomic mass is 10.0. The van der Waals surface area contributed by atoms with Gasteiger partial charge in [-0.3, -0.25) is 0 Å². The standard InChI is InChI=1S/C12H14ClF3O/c13-10-4-1-3-9(7-10)8-11(17)5-2-6-12(14,15)16/h1,3-4,7,11,17H,2,5-6,8H2. The summed E-state index contributed by atoms with van der Waals surface area (Å²) in [6.07, 6.45) is -5.32. The van der Waals surface area contributed by atoms with Crippen LogP contribution in [0, 0.1) is 0 Å². The van der Waals surface area contributed by atoms with E-state index in [1.54, 1.807) is 24.3 Å². The van der Waals surface area contributed by atoms with Crippen molar-refractivity contribution in [2.24, 2.45) is 0 Å². The van der Waals surface area contributed by atoms with Gasteiger partial charge in [-0.25, -0.2) is 0 Å². The number of aliphatic hydroxyl groups is 1. The molecule has 1 rings (SSSR count). The van der Waals surface area contributed by atoms with Crippen molar-refractivity contribution in [1.82, 2.24) is 0 Å². The van der Waals surface area contributed by atoms with Gasteiger partial charge >= 0.3 is 6.18 Å². The van der Waals surface area contributed by atoms with E-state index in [4.69, 9.17) is 11.6 Å². The number of aliphatic hydroxyl groups excluding tert-OH is 1. The number of hydrogen-bond donors (Lipinski definition) is 1. The van der Waals surface area contributed by atoms with Crippen LogP contribution in [0.1, 0.15) is 24.8 Å². The molecule has 0 amide bonds. The van der Waals surface area contributed by atoms with Gasteiger partial charge in [-0.1, -0.05) is 23.7 Å². The van der Waals surface area contributed by atoms with Gasteiger partial charge in [-0.15, -0.1) is 0 Å². The molecule has 0 aliphatic rings. The Hall–Kier alpha value is -0.740. The lowest BCUT2D eigenvalue weighted by molar-refractivity contribution is -0.136. The third-order valence-corrected chi connectivity index (χ3v) is 2.59. The molecule has 5 heteroatoms. The van der Waals surface area contributed by atoms with Crippen LogP contribution in [0.15, 0.2) is 24.3 Å². The average Bonchev–Trinajstić information content (AvgIpc) is 2.15. The van der Waals surface area contributed by atoms with Gasteiger partial charge in [0.25, 0.3) is 0 Å². The Balaban J connectivity index is 2.32. The Labute approximate surface area is 103 Å². The van der Waals surface area contributed by atoms with Crippen molar-refractivity contribution in [1.29, 1.82) is 0 Å². The molecule has 1 atom stereocenters. The molecular weight excluding hydrogens is 253 g/mol. The number of hydrogen-bond acceptors (Lipinski definition) is 1. The Kier molecular flexibility index (Phi) is 5.28. The maximum Gasteiger partial charge on any atom is 0.389 e. The molecule has 1 aromatic rings. The Morgan fingerprint density at radius 3 is 2.59 bits per heavy atom. The molecule has 1 aromatic carbocycles. The molecule has 0 saturated heterocycles. The van der Waals surface area contributed by atoms with Crippen molar-refractivity contribution in [3.05, 3.63) is 34.9 Å². The zero-order chi connectivity index (χ0) is 12.9. The van der Waals surface area contributed by atoms with Crippen LogP contribution in [0.3, 0.4) is 0 Å². The zero-order valence-corrected chi connectivity index (χ0v) is 9.93. The molecule has 17 heavy (non-hydrogen) atoms. The van der Waals surface area contributed by atoms with E-state index in [-0.39, 0.29) is 12.8 Å². The summed E-state index contributed by atoms with van der Waals surface area (Å²) in [4.78, 5) is 0. The molecule has 96 valence electrons. The average molecular weight is 267 g/mol. The first-order valence-electron chi connectivity index (χ1n) is 5.36. The lowest BCUT2D eigenvalue weighted by Gasteiger charge is -2.11. The van der Waals surface area contributed by atoms with Gasteiger partial charge in [-0.05, 0) is 37.0 Å². The molecule has 0 aliphatic carbocycles. The van der Waals surface area contributed by atoms with Crippen LogP contribution >= 0.6 is 11.6 Å². The summed E-state index contributed by atoms with van der Waals surface area (Å²) < 4.78 is 35.7. The molecule has 1 nitrogen and oxygen atoms in total. The molecular formula is C12H14ClF3O. The highest BCUT2D eigenvalue weighted by Gasteiger charge is 2.26. The van der Waals surface area contributed by atoms with E-state index in [1.165, 1.54) is 0 Å². The van der Waals surface area contributed by atoms with Gasteiger partial charge < -0.3 is 5.11 Å². The summed E-state index contributed by atoms with van der Waals surface area (Å²) in [7, 11) is 0. The number of alkyl halides is 3. The number of rotatable bonds is 5. The normalized spacial score (nSPS) is 13.7. The highest BCUT2D eigenvalue weighted by Crippen LogP contribution is 2.23. The smallest absolute Gasteiger partial charge is 0.389 e. The fourth-order valence-electron chi connectivity index (χ4n) is 1.58. The van der Waals surface area contributed by atoms with E-state index in [0.717, 1.165) is 5.56 Å². The fourth-order valence-corrected chi connectivity index (χ4v) is 1.79. The van der Waals surface area contributed by atoms with Gasteiger partial charge in [-0.2, -0.15) is 13.2 Å². The quantitative estimate of drug-likeness (QED) is 0.855. The molecule has 0 radical (unpaired) electrons. The van der Waals surface area contributed by atoms with Crippen LogP contribution in [0.2, 0.25) is 5.02 Å². The third-order valence-electron chi connectivity index (χ3n) is 2.36. The summed E-state index contributed by atoms with van der Waals surface area (Å²) >= 11 is 5.76. The molecule has 0 heterocycles. The second-order valence-corrected chi connectivity index (χ2v) is 4.43. The molecule has 0 bridgehead atoms. The zero-order valence-electron chi connectivity index (χ0n) is 9.17. The van der Waals surface area contributed by atoms with Crippen molar-refractivity contribution in [2.45, 2.75) is 38.0 Å². The first-order chi connectivity index (χ1) is 7.87. The second-order valence-electron chi connectivity index (χ2n) is 4.00. The third kappa shape index (κ3) is 6.54. The van der Waals surface area contributed by atoms with Gasteiger partial charge in [0.15, 0.2) is 0 Å². The maximum atomic E-state index is 11.9. The van der Waals surface area contributed by atoms with Crippen LogP contribution in [-0.4, -0.2) is 17.4 Å². The summed E-state index contributed by atoms with van der Waals surface area (Å²) in [5.74, 6) is 0. The minimum absolute atomic E-state index is 0.0504. The summed E-state index contributed by atoms with van der Waals surface area (Å²) in [5, 5.41) is 10.1. The molecule has 0 saturated carbocycles. The summed E-state index contributed by atoms with van der Waals surface area (Å²) in [6, 6.07) is 6.95. The highest BCUT2D eigenvalue weighted by atomic mass is 35.5. The van der Waals surface area contributed by atoms with Crippen LogP contribution in [0.25, 0.3) is 0 Å². The molecule has 1 unspecified atom stereocenters. The minimum Gasteiger partial charge on any atom is -0.393 e. The maximum absolute atomic E-state index is 11.9. The molecule has 0 fully saturated rings. The van der Waals surface area contributed by atoms with E-state index in [1.807, 2.05) is 0 Å². The largest absolute Gasteiger partial charge is 0.393 e. The summed E-state index contributed by atoms with van der Waals surface area (Å²) in [6.45, 7) is 0. The highest BCUT2D eigenvalue weighted by molar-refractivity contribution is 6.30. The van der Waals surface area contributed by atoms with Crippen molar-refractivity contribution in [2.75, 3.05) is 0 Å². The predicted octanol–water partition coefficient (Wildman–Crippen LogP) is 3.98. The van der Waals surface area contributed by atoms with Gasteiger partial charge in [0.05, 0.1) is 6.10 Å². The molecule has 0 aliphatic heterocycles. The van der Waals surface area contributed by atoms with Crippen molar-refractivity contribution >= 4 is 11.6 Å². The second kappa shape index (κ2) is 6.26. The summed E-state index contributed by atoms with van der Waals surface area (Å²) in [5.41, 5.74) is 0.831. The van der Waals surface area contributed by atoms with E-state index in [0.29, 0.717) is 11.4 Å². The number of benzene rings is 1. The topological polar surface area (TPSA) is 20.2 Å². The van der Waals surface area contributed by atoms with E-state index >= 15 is 0 Å². The van der Waals surface area contributed by atoms with Crippen molar-refractivity contribution < 1.29 is 18.3 Å². The van der Waals surface area contributed by atoms with Crippen LogP contribution in [0.4, 0.5) is 13.2 Å². The molecule has 1 N–H and O–H groups in total. The molecule has 0 aromatic heterocycles. The number of halogens is 4. The SMILES string of the molecule is OC(CCCC(F)(F)F)Cc1cccc(Cl)c1. The fraction of sp³-hybridized carbons (Fsp3) is 0.500. The van der Waals surface area contributed by atoms with E-state index in [9.17, 15) is 18.3 Å². The van der Waals surface area contributed by atoms with Crippen LogP contribution in [-0.2, 0) is 6.42 Å². The monoisotopic (exact) mass is 266 g/mol. The lowest BCUT2D eigenvalue weighted by Crippen LogP contribution is -2.13. The van der Waals surface area contributed by atoms with Crippen LogP contribution < -0.4 is 0 Å². The van der Waals surface area contributed by atoms with Gasteiger partial charge in [0, 0.05) is 11.4 Å². The Bertz CT molecular complexity index is 352. The first kappa shape index (κ1) is 14.3. The van der Waals surface area contributed by atoms with Gasteiger partial charge in [0.2, 0.25) is 0 Å². The van der Waals surface area contributed by atoms with E-state index in [2.05, 4.69) is 0 Å². The Morgan fingerprint density at radius 1 is 1.29 bits per heavy atom. The van der Waals surface area contributed by atoms with Crippen molar-refractivity contribution in [3.8, 4) is 0 Å². The predicted molar refractivity (Wildman–Crippen MR) is 61.1 cm³/mol. The molecule has 0 spiro atoms. The van der Waals surface area contributed by atoms with Crippen LogP contribution in [0.5, 0.6) is 0 Å².